The summed E-state index contributed by atoms with van der Waals surface area (Å²) in [7, 11) is 1.65. The SMILES string of the molecule is COc1ccc2cc(-n3ccnc3)cnc2c1. The molecule has 0 saturated heterocycles. The molecule has 2 aromatic heterocycles. The van der Waals surface area contributed by atoms with Gasteiger partial charge in [-0.05, 0) is 18.2 Å². The highest BCUT2D eigenvalue weighted by atomic mass is 16.5. The average molecular weight is 225 g/mol. The van der Waals surface area contributed by atoms with Gasteiger partial charge in [-0.25, -0.2) is 4.98 Å². The Morgan fingerprint density at radius 2 is 2.18 bits per heavy atom. The monoisotopic (exact) mass is 225 g/mol. The molecule has 17 heavy (non-hydrogen) atoms. The van der Waals surface area contributed by atoms with E-state index in [-0.39, 0.29) is 0 Å². The van der Waals surface area contributed by atoms with E-state index in [4.69, 9.17) is 4.74 Å². The van der Waals surface area contributed by atoms with Crippen molar-refractivity contribution in [3.05, 3.63) is 49.2 Å². The molecule has 3 aromatic rings. The van der Waals surface area contributed by atoms with Crippen molar-refractivity contribution in [2.24, 2.45) is 0 Å². The number of nitrogens with zero attached hydrogens (tertiary/aromatic N) is 3. The molecular weight excluding hydrogens is 214 g/mol. The number of pyridine rings is 1. The molecule has 84 valence electrons. The second-order valence-corrected chi connectivity index (χ2v) is 3.72. The van der Waals surface area contributed by atoms with Crippen LogP contribution < -0.4 is 4.74 Å². The van der Waals surface area contributed by atoms with E-state index < -0.39 is 0 Å². The molecular formula is C13H11N3O. The number of methoxy groups -OCH3 is 1. The average Bonchev–Trinajstić information content (AvgIpc) is 2.91. The largest absolute Gasteiger partial charge is 0.497 e. The van der Waals surface area contributed by atoms with Crippen LogP contribution in [0.5, 0.6) is 5.75 Å². The topological polar surface area (TPSA) is 39.9 Å². The lowest BCUT2D eigenvalue weighted by Gasteiger charge is -2.05. The molecule has 0 radical (unpaired) electrons. The maximum absolute atomic E-state index is 5.17. The van der Waals surface area contributed by atoms with Gasteiger partial charge in [0.05, 0.1) is 30.8 Å². The third-order valence-corrected chi connectivity index (χ3v) is 2.68. The van der Waals surface area contributed by atoms with Gasteiger partial charge in [-0.15, -0.1) is 0 Å². The molecule has 4 heteroatoms. The highest BCUT2D eigenvalue weighted by molar-refractivity contribution is 5.81. The van der Waals surface area contributed by atoms with E-state index >= 15 is 0 Å². The van der Waals surface area contributed by atoms with Gasteiger partial charge >= 0.3 is 0 Å². The van der Waals surface area contributed by atoms with Gasteiger partial charge in [0.25, 0.3) is 0 Å². The van der Waals surface area contributed by atoms with Gasteiger partial charge in [-0.2, -0.15) is 0 Å². The minimum absolute atomic E-state index is 0.820. The zero-order chi connectivity index (χ0) is 11.7. The third kappa shape index (κ3) is 1.73. The second kappa shape index (κ2) is 3.90. The van der Waals surface area contributed by atoms with Gasteiger partial charge in [0.2, 0.25) is 0 Å². The molecule has 0 aliphatic carbocycles. The zero-order valence-corrected chi connectivity index (χ0v) is 9.37. The van der Waals surface area contributed by atoms with Gasteiger partial charge in [0.15, 0.2) is 0 Å². The standard InChI is InChI=1S/C13H11N3O/c1-17-12-3-2-10-6-11(8-15-13(10)7-12)16-5-4-14-9-16/h2-9H,1H3. The zero-order valence-electron chi connectivity index (χ0n) is 9.37. The van der Waals surface area contributed by atoms with Gasteiger partial charge in [-0.1, -0.05) is 0 Å². The Labute approximate surface area is 98.5 Å². The molecule has 1 aromatic carbocycles. The Hall–Kier alpha value is -2.36. The highest BCUT2D eigenvalue weighted by Gasteiger charge is 2.01. The maximum atomic E-state index is 5.17. The van der Waals surface area contributed by atoms with Gasteiger partial charge in [-0.3, -0.25) is 4.98 Å². The van der Waals surface area contributed by atoms with E-state index in [9.17, 15) is 0 Å². The summed E-state index contributed by atoms with van der Waals surface area (Å²) in [4.78, 5) is 8.44. The number of hydrogen-bond donors (Lipinski definition) is 0. The van der Waals surface area contributed by atoms with Gasteiger partial charge < -0.3 is 9.30 Å². The summed E-state index contributed by atoms with van der Waals surface area (Å²) < 4.78 is 7.10. The molecule has 0 N–H and O–H groups in total. The predicted molar refractivity (Wildman–Crippen MR) is 65.4 cm³/mol. The summed E-state index contributed by atoms with van der Waals surface area (Å²) in [6.07, 6.45) is 7.22. The van der Waals surface area contributed by atoms with Crippen LogP contribution in [0.2, 0.25) is 0 Å². The molecule has 0 aliphatic heterocycles. The van der Waals surface area contributed by atoms with Crippen LogP contribution in [0.15, 0.2) is 49.2 Å². The lowest BCUT2D eigenvalue weighted by Crippen LogP contribution is -1.92. The van der Waals surface area contributed by atoms with E-state index in [0.29, 0.717) is 0 Å². The highest BCUT2D eigenvalue weighted by Crippen LogP contribution is 2.20. The number of ether oxygens (including phenoxy) is 1. The number of aromatic nitrogens is 3. The first-order valence-corrected chi connectivity index (χ1v) is 5.29. The molecule has 0 saturated carbocycles. The van der Waals surface area contributed by atoms with Crippen LogP contribution in [0.3, 0.4) is 0 Å². The number of fused-ring (bicyclic) bond motifs is 1. The van der Waals surface area contributed by atoms with Crippen LogP contribution in [0.1, 0.15) is 0 Å². The first-order valence-electron chi connectivity index (χ1n) is 5.29. The van der Waals surface area contributed by atoms with E-state index in [1.165, 1.54) is 0 Å². The maximum Gasteiger partial charge on any atom is 0.121 e. The Kier molecular flexibility index (Phi) is 2.26. The first kappa shape index (κ1) is 9.84. The molecule has 2 heterocycles. The molecule has 0 fully saturated rings. The van der Waals surface area contributed by atoms with Gasteiger partial charge in [0.1, 0.15) is 5.75 Å². The summed E-state index contributed by atoms with van der Waals surface area (Å²) in [6, 6.07) is 7.93. The minimum atomic E-state index is 0.820. The molecule has 4 nitrogen and oxygen atoms in total. The fourth-order valence-electron chi connectivity index (χ4n) is 1.77. The molecule has 0 bridgehead atoms. The Morgan fingerprint density at radius 3 is 2.94 bits per heavy atom. The van der Waals surface area contributed by atoms with Crippen LogP contribution in [0.25, 0.3) is 16.6 Å². The van der Waals surface area contributed by atoms with Crippen molar-refractivity contribution in [1.82, 2.24) is 14.5 Å². The summed E-state index contributed by atoms with van der Waals surface area (Å²) >= 11 is 0. The number of imidazole rings is 1. The van der Waals surface area contributed by atoms with Crippen LogP contribution in [0.4, 0.5) is 0 Å². The smallest absolute Gasteiger partial charge is 0.121 e. The quantitative estimate of drug-likeness (QED) is 0.672. The first-order chi connectivity index (χ1) is 8.36. The molecule has 0 atom stereocenters. The van der Waals surface area contributed by atoms with Gasteiger partial charge in [0, 0.05) is 23.8 Å². The fraction of sp³-hybridized carbons (Fsp3) is 0.0769. The Morgan fingerprint density at radius 1 is 1.24 bits per heavy atom. The fourth-order valence-corrected chi connectivity index (χ4v) is 1.77. The van der Waals surface area contributed by atoms with Crippen molar-refractivity contribution in [1.29, 1.82) is 0 Å². The summed E-state index contributed by atoms with van der Waals surface area (Å²) in [5.74, 6) is 0.820. The number of benzene rings is 1. The number of hydrogen-bond acceptors (Lipinski definition) is 3. The summed E-state index contributed by atoms with van der Waals surface area (Å²) in [5.41, 5.74) is 1.92. The number of rotatable bonds is 2. The lowest BCUT2D eigenvalue weighted by atomic mass is 10.2. The molecule has 0 spiro atoms. The van der Waals surface area contributed by atoms with Crippen LogP contribution in [-0.2, 0) is 0 Å². The van der Waals surface area contributed by atoms with Crippen LogP contribution >= 0.6 is 0 Å². The van der Waals surface area contributed by atoms with Crippen molar-refractivity contribution >= 4 is 10.9 Å². The third-order valence-electron chi connectivity index (χ3n) is 2.68. The van der Waals surface area contributed by atoms with E-state index in [1.54, 1.807) is 19.6 Å². The minimum Gasteiger partial charge on any atom is -0.497 e. The van der Waals surface area contributed by atoms with Crippen molar-refractivity contribution in [2.75, 3.05) is 7.11 Å². The van der Waals surface area contributed by atoms with E-state index in [1.807, 2.05) is 35.2 Å². The second-order valence-electron chi connectivity index (χ2n) is 3.72. The molecule has 0 unspecified atom stereocenters. The van der Waals surface area contributed by atoms with Crippen LogP contribution in [0, 0.1) is 0 Å². The van der Waals surface area contributed by atoms with Crippen molar-refractivity contribution in [3.63, 3.8) is 0 Å². The molecule has 3 rings (SSSR count). The van der Waals surface area contributed by atoms with Crippen molar-refractivity contribution < 1.29 is 4.74 Å². The summed E-state index contributed by atoms with van der Waals surface area (Å²) in [5, 5.41) is 1.08. The van der Waals surface area contributed by atoms with E-state index in [2.05, 4.69) is 16.0 Å². The van der Waals surface area contributed by atoms with Crippen molar-refractivity contribution in [2.45, 2.75) is 0 Å². The summed E-state index contributed by atoms with van der Waals surface area (Å²) in [6.45, 7) is 0. The molecule has 0 aliphatic rings. The van der Waals surface area contributed by atoms with Crippen molar-refractivity contribution in [3.8, 4) is 11.4 Å². The lowest BCUT2D eigenvalue weighted by molar-refractivity contribution is 0.415. The predicted octanol–water partition coefficient (Wildman–Crippen LogP) is 2.43. The Balaban J connectivity index is 2.14. The molecule has 0 amide bonds. The Bertz CT molecular complexity index is 647. The van der Waals surface area contributed by atoms with E-state index in [0.717, 1.165) is 22.3 Å². The normalized spacial score (nSPS) is 10.6. The van der Waals surface area contributed by atoms with Crippen LogP contribution in [-0.4, -0.2) is 21.6 Å².